The van der Waals surface area contributed by atoms with Crippen LogP contribution in [0.4, 0.5) is 5.69 Å². The van der Waals surface area contributed by atoms with Crippen LogP contribution in [0.25, 0.3) is 0 Å². The second-order valence-corrected chi connectivity index (χ2v) is 5.00. The molecule has 0 fully saturated rings. The third kappa shape index (κ3) is 3.51. The Morgan fingerprint density at radius 2 is 2.32 bits per heavy atom. The molecule has 0 atom stereocenters. The second kappa shape index (κ2) is 6.29. The molecule has 0 aliphatic rings. The van der Waals surface area contributed by atoms with Gasteiger partial charge >= 0.3 is 0 Å². The molecule has 19 heavy (non-hydrogen) atoms. The largest absolute Gasteiger partial charge is 0.387 e. The summed E-state index contributed by atoms with van der Waals surface area (Å²) in [6.45, 7) is 2.54. The molecule has 2 N–H and O–H groups in total. The highest BCUT2D eigenvalue weighted by Crippen LogP contribution is 2.12. The van der Waals surface area contributed by atoms with E-state index in [1.807, 2.05) is 12.3 Å². The molecular weight excluding hydrogens is 260 g/mol. The van der Waals surface area contributed by atoms with Gasteiger partial charge in [-0.3, -0.25) is 9.78 Å². The Morgan fingerprint density at radius 1 is 1.47 bits per heavy atom. The van der Waals surface area contributed by atoms with Crippen molar-refractivity contribution in [3.63, 3.8) is 0 Å². The lowest BCUT2D eigenvalue weighted by Crippen LogP contribution is -2.26. The molecule has 5 nitrogen and oxygen atoms in total. The van der Waals surface area contributed by atoms with Crippen LogP contribution in [-0.2, 0) is 6.42 Å². The van der Waals surface area contributed by atoms with Crippen LogP contribution < -0.4 is 10.6 Å². The number of hydrogen-bond acceptors (Lipinski definition) is 5. The van der Waals surface area contributed by atoms with Crippen LogP contribution in [0.15, 0.2) is 23.8 Å². The van der Waals surface area contributed by atoms with Crippen molar-refractivity contribution in [2.75, 3.05) is 18.9 Å². The first kappa shape index (κ1) is 13.5. The molecule has 0 saturated carbocycles. The normalized spacial score (nSPS) is 10.2. The highest BCUT2D eigenvalue weighted by molar-refractivity contribution is 7.09. The van der Waals surface area contributed by atoms with Crippen molar-refractivity contribution in [1.29, 1.82) is 0 Å². The summed E-state index contributed by atoms with van der Waals surface area (Å²) in [7, 11) is 1.78. The minimum Gasteiger partial charge on any atom is -0.387 e. The van der Waals surface area contributed by atoms with Gasteiger partial charge < -0.3 is 10.6 Å². The number of aromatic nitrogens is 2. The third-order valence-electron chi connectivity index (χ3n) is 2.63. The molecule has 0 aromatic carbocycles. The first-order chi connectivity index (χ1) is 9.20. The van der Waals surface area contributed by atoms with Gasteiger partial charge in [0.2, 0.25) is 0 Å². The number of aryl methyl sites for hydroxylation is 1. The number of rotatable bonds is 5. The number of carbonyl (C=O) groups excluding carboxylic acids is 1. The Labute approximate surface area is 116 Å². The Morgan fingerprint density at radius 3 is 3.00 bits per heavy atom. The van der Waals surface area contributed by atoms with E-state index in [4.69, 9.17) is 0 Å². The molecule has 0 spiro atoms. The molecule has 0 aliphatic heterocycles. The predicted molar refractivity (Wildman–Crippen MR) is 76.7 cm³/mol. The van der Waals surface area contributed by atoms with E-state index in [1.165, 1.54) is 0 Å². The summed E-state index contributed by atoms with van der Waals surface area (Å²) in [5.41, 5.74) is 2.36. The van der Waals surface area contributed by atoms with Gasteiger partial charge in [-0.25, -0.2) is 4.98 Å². The molecule has 0 unspecified atom stereocenters. The molecule has 2 aromatic heterocycles. The zero-order valence-electron chi connectivity index (χ0n) is 10.9. The topological polar surface area (TPSA) is 66.9 Å². The monoisotopic (exact) mass is 276 g/mol. The van der Waals surface area contributed by atoms with Crippen molar-refractivity contribution in [2.45, 2.75) is 13.3 Å². The number of nitrogens with zero attached hydrogens (tertiary/aromatic N) is 2. The van der Waals surface area contributed by atoms with Gasteiger partial charge in [0.05, 0.1) is 10.6 Å². The lowest BCUT2D eigenvalue weighted by molar-refractivity contribution is 0.0954. The number of carbonyl (C=O) groups is 1. The van der Waals surface area contributed by atoms with Gasteiger partial charge in [-0.15, -0.1) is 11.3 Å². The fraction of sp³-hybridized carbons (Fsp3) is 0.308. The van der Waals surface area contributed by atoms with Gasteiger partial charge in [0, 0.05) is 49.2 Å². The standard InChI is InChI=1S/C13H16N4OS/c1-9-8-19-12(17-9)4-6-16-13(18)10-7-15-5-3-11(10)14-2/h3,5,7-8H,4,6H2,1-2H3,(H,14,15)(H,16,18). The Bertz CT molecular complexity index is 567. The number of anilines is 1. The van der Waals surface area contributed by atoms with Crippen LogP contribution in [0.1, 0.15) is 21.1 Å². The maximum atomic E-state index is 12.0. The average molecular weight is 276 g/mol. The number of amides is 1. The van der Waals surface area contributed by atoms with Crippen molar-refractivity contribution in [3.8, 4) is 0 Å². The van der Waals surface area contributed by atoms with E-state index in [0.29, 0.717) is 12.1 Å². The smallest absolute Gasteiger partial charge is 0.254 e. The summed E-state index contributed by atoms with van der Waals surface area (Å²) in [6, 6.07) is 1.78. The lowest BCUT2D eigenvalue weighted by Gasteiger charge is -2.08. The van der Waals surface area contributed by atoms with Crippen molar-refractivity contribution in [2.24, 2.45) is 0 Å². The summed E-state index contributed by atoms with van der Waals surface area (Å²) in [6.07, 6.45) is 3.97. The zero-order chi connectivity index (χ0) is 13.7. The number of pyridine rings is 1. The highest BCUT2D eigenvalue weighted by atomic mass is 32.1. The van der Waals surface area contributed by atoms with E-state index < -0.39 is 0 Å². The van der Waals surface area contributed by atoms with E-state index in [9.17, 15) is 4.79 Å². The van der Waals surface area contributed by atoms with Gasteiger partial charge in [0.25, 0.3) is 5.91 Å². The molecule has 2 aromatic rings. The van der Waals surface area contributed by atoms with E-state index in [-0.39, 0.29) is 5.91 Å². The number of hydrogen-bond donors (Lipinski definition) is 2. The number of thiazole rings is 1. The molecule has 1 amide bonds. The fourth-order valence-electron chi connectivity index (χ4n) is 1.69. The summed E-state index contributed by atoms with van der Waals surface area (Å²) in [5.74, 6) is -0.120. The SMILES string of the molecule is CNc1ccncc1C(=O)NCCc1nc(C)cs1. The van der Waals surface area contributed by atoms with Gasteiger partial charge in [-0.05, 0) is 13.0 Å². The molecule has 0 bridgehead atoms. The second-order valence-electron chi connectivity index (χ2n) is 4.06. The van der Waals surface area contributed by atoms with Gasteiger partial charge in [0.1, 0.15) is 0 Å². The summed E-state index contributed by atoms with van der Waals surface area (Å²) >= 11 is 1.62. The zero-order valence-corrected chi connectivity index (χ0v) is 11.8. The molecule has 6 heteroatoms. The van der Waals surface area contributed by atoms with E-state index in [2.05, 4.69) is 20.6 Å². The highest BCUT2D eigenvalue weighted by Gasteiger charge is 2.10. The molecule has 100 valence electrons. The average Bonchev–Trinajstić information content (AvgIpc) is 2.84. The maximum absolute atomic E-state index is 12.0. The molecule has 2 rings (SSSR count). The predicted octanol–water partition coefficient (Wildman–Crippen LogP) is 1.86. The molecule has 2 heterocycles. The van der Waals surface area contributed by atoms with Crippen molar-refractivity contribution < 1.29 is 4.79 Å². The molecule has 0 radical (unpaired) electrons. The Balaban J connectivity index is 1.90. The van der Waals surface area contributed by atoms with E-state index in [0.717, 1.165) is 22.8 Å². The molecule has 0 saturated heterocycles. The van der Waals surface area contributed by atoms with Gasteiger partial charge in [-0.1, -0.05) is 0 Å². The molecule has 0 aliphatic carbocycles. The Kier molecular flexibility index (Phi) is 4.46. The fourth-order valence-corrected chi connectivity index (χ4v) is 2.47. The first-order valence-electron chi connectivity index (χ1n) is 6.01. The van der Waals surface area contributed by atoms with Crippen LogP contribution in [0.3, 0.4) is 0 Å². The van der Waals surface area contributed by atoms with Crippen LogP contribution in [0, 0.1) is 6.92 Å². The summed E-state index contributed by atoms with van der Waals surface area (Å²) < 4.78 is 0. The van der Waals surface area contributed by atoms with Crippen LogP contribution >= 0.6 is 11.3 Å². The van der Waals surface area contributed by atoms with Crippen molar-refractivity contribution in [3.05, 3.63) is 40.1 Å². The van der Waals surface area contributed by atoms with Crippen LogP contribution in [0.5, 0.6) is 0 Å². The Hall–Kier alpha value is -1.95. The number of nitrogens with one attached hydrogen (secondary N) is 2. The summed E-state index contributed by atoms with van der Waals surface area (Å²) in [5, 5.41) is 8.91. The first-order valence-corrected chi connectivity index (χ1v) is 6.89. The third-order valence-corrected chi connectivity index (χ3v) is 3.65. The van der Waals surface area contributed by atoms with E-state index in [1.54, 1.807) is 36.8 Å². The maximum Gasteiger partial charge on any atom is 0.254 e. The van der Waals surface area contributed by atoms with Crippen molar-refractivity contribution in [1.82, 2.24) is 15.3 Å². The van der Waals surface area contributed by atoms with E-state index >= 15 is 0 Å². The van der Waals surface area contributed by atoms with Crippen molar-refractivity contribution >= 4 is 22.9 Å². The minimum atomic E-state index is -0.120. The van der Waals surface area contributed by atoms with Crippen LogP contribution in [0.2, 0.25) is 0 Å². The quantitative estimate of drug-likeness (QED) is 0.874. The lowest BCUT2D eigenvalue weighted by atomic mass is 10.2. The van der Waals surface area contributed by atoms with Crippen LogP contribution in [-0.4, -0.2) is 29.5 Å². The minimum absolute atomic E-state index is 0.120. The summed E-state index contributed by atoms with van der Waals surface area (Å²) in [4.78, 5) is 20.3. The van der Waals surface area contributed by atoms with Gasteiger partial charge in [0.15, 0.2) is 0 Å². The molecular formula is C13H16N4OS. The van der Waals surface area contributed by atoms with Gasteiger partial charge in [-0.2, -0.15) is 0 Å².